The molecule has 92 valence electrons. The number of amides is 1. The van der Waals surface area contributed by atoms with E-state index in [-0.39, 0.29) is 11.4 Å². The molecule has 0 aromatic heterocycles. The Labute approximate surface area is 107 Å². The molecular formula is C13H17ClN2O. The first-order valence-electron chi connectivity index (χ1n) is 5.88. The number of carbonyl (C=O) groups excluding carboxylic acids is 1. The highest BCUT2D eigenvalue weighted by Gasteiger charge is 2.39. The van der Waals surface area contributed by atoms with Crippen LogP contribution in [0.25, 0.3) is 0 Å². The molecule has 1 fully saturated rings. The fourth-order valence-electron chi connectivity index (χ4n) is 2.26. The molecule has 0 heterocycles. The Balaban J connectivity index is 2.14. The van der Waals surface area contributed by atoms with Gasteiger partial charge in [-0.1, -0.05) is 23.7 Å². The summed E-state index contributed by atoms with van der Waals surface area (Å²) in [6, 6.07) is 7.75. The average molecular weight is 253 g/mol. The summed E-state index contributed by atoms with van der Waals surface area (Å²) in [7, 11) is 1.77. The van der Waals surface area contributed by atoms with Gasteiger partial charge >= 0.3 is 0 Å². The van der Waals surface area contributed by atoms with Crippen LogP contribution in [0.3, 0.4) is 0 Å². The van der Waals surface area contributed by atoms with Crippen molar-refractivity contribution in [2.75, 3.05) is 13.6 Å². The summed E-state index contributed by atoms with van der Waals surface area (Å²) < 4.78 is 0. The number of halogens is 1. The molecule has 0 bridgehead atoms. The molecule has 1 aliphatic carbocycles. The van der Waals surface area contributed by atoms with Crippen molar-refractivity contribution in [2.24, 2.45) is 0 Å². The van der Waals surface area contributed by atoms with Gasteiger partial charge in [-0.05, 0) is 44.0 Å². The van der Waals surface area contributed by atoms with Crippen LogP contribution in [0.4, 0.5) is 0 Å². The maximum Gasteiger partial charge on any atom is 0.234 e. The number of likely N-dealkylation sites (N-methyl/N-ethyl adjacent to an activating group) is 1. The molecular weight excluding hydrogens is 236 g/mol. The van der Waals surface area contributed by atoms with Gasteiger partial charge in [0, 0.05) is 5.02 Å². The van der Waals surface area contributed by atoms with Crippen LogP contribution < -0.4 is 10.6 Å². The van der Waals surface area contributed by atoms with E-state index in [2.05, 4.69) is 10.6 Å². The van der Waals surface area contributed by atoms with E-state index in [1.165, 1.54) is 0 Å². The second-order valence-electron chi connectivity index (χ2n) is 4.52. The molecule has 2 N–H and O–H groups in total. The fourth-order valence-corrected chi connectivity index (χ4v) is 2.38. The van der Waals surface area contributed by atoms with E-state index in [0.717, 1.165) is 29.8 Å². The van der Waals surface area contributed by atoms with Crippen molar-refractivity contribution < 1.29 is 4.79 Å². The third-order valence-electron chi connectivity index (χ3n) is 3.32. The second-order valence-corrected chi connectivity index (χ2v) is 4.96. The minimum atomic E-state index is -0.168. The van der Waals surface area contributed by atoms with Gasteiger partial charge in [0.05, 0.1) is 12.1 Å². The zero-order valence-electron chi connectivity index (χ0n) is 9.92. The summed E-state index contributed by atoms with van der Waals surface area (Å²) in [5.74, 6) is 0.0437. The van der Waals surface area contributed by atoms with Crippen LogP contribution in [0.1, 0.15) is 24.8 Å². The predicted octanol–water partition coefficient (Wildman–Crippen LogP) is 2.05. The first-order chi connectivity index (χ1) is 8.16. The highest BCUT2D eigenvalue weighted by atomic mass is 35.5. The summed E-state index contributed by atoms with van der Waals surface area (Å²) >= 11 is 5.88. The van der Waals surface area contributed by atoms with E-state index in [1.54, 1.807) is 7.05 Å². The van der Waals surface area contributed by atoms with Crippen molar-refractivity contribution in [2.45, 2.75) is 24.8 Å². The first-order valence-corrected chi connectivity index (χ1v) is 6.26. The summed E-state index contributed by atoms with van der Waals surface area (Å²) in [5, 5.41) is 6.71. The molecule has 1 aromatic rings. The highest BCUT2D eigenvalue weighted by Crippen LogP contribution is 2.41. The number of hydrogen-bond donors (Lipinski definition) is 2. The maximum absolute atomic E-state index is 11.7. The van der Waals surface area contributed by atoms with Crippen molar-refractivity contribution in [3.8, 4) is 0 Å². The average Bonchev–Trinajstić information content (AvgIpc) is 2.25. The van der Waals surface area contributed by atoms with Crippen LogP contribution in [0, 0.1) is 0 Å². The van der Waals surface area contributed by atoms with Gasteiger partial charge in [-0.2, -0.15) is 0 Å². The van der Waals surface area contributed by atoms with Gasteiger partial charge in [0.1, 0.15) is 0 Å². The van der Waals surface area contributed by atoms with Crippen LogP contribution in [0.5, 0.6) is 0 Å². The molecule has 0 atom stereocenters. The zero-order chi connectivity index (χ0) is 12.3. The quantitative estimate of drug-likeness (QED) is 0.861. The Morgan fingerprint density at radius 3 is 2.47 bits per heavy atom. The van der Waals surface area contributed by atoms with Crippen molar-refractivity contribution in [3.05, 3.63) is 34.9 Å². The molecule has 4 heteroatoms. The lowest BCUT2D eigenvalue weighted by molar-refractivity contribution is -0.123. The molecule has 0 radical (unpaired) electrons. The van der Waals surface area contributed by atoms with E-state index in [9.17, 15) is 4.79 Å². The highest BCUT2D eigenvalue weighted by molar-refractivity contribution is 6.30. The van der Waals surface area contributed by atoms with E-state index < -0.39 is 0 Å². The normalized spacial score (nSPS) is 17.3. The first kappa shape index (κ1) is 12.4. The molecule has 0 spiro atoms. The van der Waals surface area contributed by atoms with E-state index in [0.29, 0.717) is 6.54 Å². The van der Waals surface area contributed by atoms with Gasteiger partial charge in [-0.15, -0.1) is 0 Å². The summed E-state index contributed by atoms with van der Waals surface area (Å²) in [6.07, 6.45) is 3.16. The van der Waals surface area contributed by atoms with Crippen molar-refractivity contribution in [3.63, 3.8) is 0 Å². The predicted molar refractivity (Wildman–Crippen MR) is 69.1 cm³/mol. The number of hydrogen-bond acceptors (Lipinski definition) is 2. The minimum Gasteiger partial charge on any atom is -0.345 e. The summed E-state index contributed by atoms with van der Waals surface area (Å²) in [4.78, 5) is 11.7. The zero-order valence-corrected chi connectivity index (χ0v) is 10.7. The Morgan fingerprint density at radius 2 is 2.00 bits per heavy atom. The van der Waals surface area contributed by atoms with Crippen molar-refractivity contribution in [1.29, 1.82) is 0 Å². The van der Waals surface area contributed by atoms with Crippen LogP contribution in [-0.4, -0.2) is 19.5 Å². The third-order valence-corrected chi connectivity index (χ3v) is 3.57. The van der Waals surface area contributed by atoms with E-state index in [4.69, 9.17) is 11.6 Å². The largest absolute Gasteiger partial charge is 0.345 e. The SMILES string of the molecule is CNCC(=O)NC1(c2ccc(Cl)cc2)CCC1. The lowest BCUT2D eigenvalue weighted by atomic mass is 9.72. The van der Waals surface area contributed by atoms with E-state index >= 15 is 0 Å². The van der Waals surface area contributed by atoms with Crippen LogP contribution in [0.2, 0.25) is 5.02 Å². The van der Waals surface area contributed by atoms with Gasteiger partial charge < -0.3 is 10.6 Å². The van der Waals surface area contributed by atoms with Crippen LogP contribution in [0.15, 0.2) is 24.3 Å². The van der Waals surface area contributed by atoms with Gasteiger partial charge in [0.15, 0.2) is 0 Å². The topological polar surface area (TPSA) is 41.1 Å². The van der Waals surface area contributed by atoms with Gasteiger partial charge in [0.25, 0.3) is 0 Å². The summed E-state index contributed by atoms with van der Waals surface area (Å²) in [6.45, 7) is 0.356. The second kappa shape index (κ2) is 5.07. The van der Waals surface area contributed by atoms with E-state index in [1.807, 2.05) is 24.3 Å². The molecule has 1 aromatic carbocycles. The molecule has 0 saturated heterocycles. The molecule has 17 heavy (non-hydrogen) atoms. The number of carbonyl (C=O) groups is 1. The lowest BCUT2D eigenvalue weighted by Gasteiger charge is -2.43. The summed E-state index contributed by atoms with van der Waals surface area (Å²) in [5.41, 5.74) is 0.982. The molecule has 0 aliphatic heterocycles. The standard InChI is InChI=1S/C13H17ClN2O/c1-15-9-12(17)16-13(7-2-8-13)10-3-5-11(14)6-4-10/h3-6,15H,2,7-9H2,1H3,(H,16,17). The smallest absolute Gasteiger partial charge is 0.234 e. The minimum absolute atomic E-state index is 0.0437. The third kappa shape index (κ3) is 2.61. The fraction of sp³-hybridized carbons (Fsp3) is 0.462. The lowest BCUT2D eigenvalue weighted by Crippen LogP contribution is -2.52. The molecule has 2 rings (SSSR count). The molecule has 0 unspecified atom stereocenters. The Morgan fingerprint density at radius 1 is 1.35 bits per heavy atom. The van der Waals surface area contributed by atoms with Gasteiger partial charge in [-0.3, -0.25) is 4.79 Å². The molecule has 1 amide bonds. The monoisotopic (exact) mass is 252 g/mol. The number of rotatable bonds is 4. The molecule has 1 aliphatic rings. The van der Waals surface area contributed by atoms with Gasteiger partial charge in [0.2, 0.25) is 5.91 Å². The molecule has 1 saturated carbocycles. The number of nitrogens with one attached hydrogen (secondary N) is 2. The van der Waals surface area contributed by atoms with Gasteiger partial charge in [-0.25, -0.2) is 0 Å². The Bertz CT molecular complexity index is 398. The van der Waals surface area contributed by atoms with Crippen LogP contribution in [-0.2, 0) is 10.3 Å². The van der Waals surface area contributed by atoms with Crippen LogP contribution >= 0.6 is 11.6 Å². The Kier molecular flexibility index (Phi) is 3.69. The molecule has 3 nitrogen and oxygen atoms in total. The Hall–Kier alpha value is -1.06. The maximum atomic E-state index is 11.7. The van der Waals surface area contributed by atoms with Crippen molar-refractivity contribution in [1.82, 2.24) is 10.6 Å². The van der Waals surface area contributed by atoms with Crippen molar-refractivity contribution >= 4 is 17.5 Å². The number of benzene rings is 1.